The zero-order valence-electron chi connectivity index (χ0n) is 13.3. The molecule has 3 rings (SSSR count). The highest BCUT2D eigenvalue weighted by Crippen LogP contribution is 2.22. The summed E-state index contributed by atoms with van der Waals surface area (Å²) in [5, 5.41) is 9.22. The smallest absolute Gasteiger partial charge is 0.254 e. The summed E-state index contributed by atoms with van der Waals surface area (Å²) < 4.78 is 18.6. The fourth-order valence-corrected chi connectivity index (χ4v) is 2.68. The Kier molecular flexibility index (Phi) is 4.50. The Morgan fingerprint density at radius 3 is 2.62 bits per heavy atom. The zero-order chi connectivity index (χ0) is 17.1. The molecule has 1 fully saturated rings. The Bertz CT molecular complexity index is 746. The molecule has 0 saturated carbocycles. The third kappa shape index (κ3) is 3.24. The lowest BCUT2D eigenvalue weighted by atomic mass is 10.1. The van der Waals surface area contributed by atoms with E-state index in [-0.39, 0.29) is 11.5 Å². The van der Waals surface area contributed by atoms with Crippen molar-refractivity contribution in [1.82, 2.24) is 9.88 Å². The Balaban J connectivity index is 1.65. The molecule has 2 aromatic rings. The first kappa shape index (κ1) is 16.0. The molecule has 1 saturated heterocycles. The Labute approximate surface area is 139 Å². The normalized spacial score (nSPS) is 14.6. The quantitative estimate of drug-likeness (QED) is 0.930. The van der Waals surface area contributed by atoms with Crippen LogP contribution in [0.3, 0.4) is 0 Å². The lowest BCUT2D eigenvalue weighted by Crippen LogP contribution is -2.48. The molecule has 6 nitrogen and oxygen atoms in total. The molecule has 1 aliphatic heterocycles. The van der Waals surface area contributed by atoms with Gasteiger partial charge in [0, 0.05) is 37.8 Å². The Morgan fingerprint density at radius 2 is 1.96 bits per heavy atom. The summed E-state index contributed by atoms with van der Waals surface area (Å²) in [4.78, 5) is 20.4. The van der Waals surface area contributed by atoms with E-state index in [1.807, 2.05) is 6.07 Å². The molecule has 0 atom stereocenters. The van der Waals surface area contributed by atoms with Crippen LogP contribution in [-0.4, -0.2) is 54.2 Å². The van der Waals surface area contributed by atoms with E-state index in [1.165, 1.54) is 12.1 Å². The summed E-state index contributed by atoms with van der Waals surface area (Å²) in [6.45, 7) is 2.36. The van der Waals surface area contributed by atoms with Crippen LogP contribution in [0.2, 0.25) is 0 Å². The molecule has 1 N–H and O–H groups in total. The number of carbonyl (C=O) groups excluding carboxylic acids is 1. The number of nitrogens with zero attached hydrogens (tertiary/aromatic N) is 3. The number of rotatable bonds is 3. The molecular weight excluding hydrogens is 313 g/mol. The molecule has 0 bridgehead atoms. The van der Waals surface area contributed by atoms with Crippen molar-refractivity contribution in [2.45, 2.75) is 0 Å². The number of hydrogen-bond donors (Lipinski definition) is 1. The maximum atomic E-state index is 13.4. The van der Waals surface area contributed by atoms with E-state index in [9.17, 15) is 14.3 Å². The van der Waals surface area contributed by atoms with Gasteiger partial charge in [0.15, 0.2) is 11.6 Å². The van der Waals surface area contributed by atoms with Crippen LogP contribution in [-0.2, 0) is 0 Å². The average molecular weight is 331 g/mol. The summed E-state index contributed by atoms with van der Waals surface area (Å²) >= 11 is 0. The number of ether oxygens (including phenoxy) is 1. The fourth-order valence-electron chi connectivity index (χ4n) is 2.68. The minimum absolute atomic E-state index is 0.238. The van der Waals surface area contributed by atoms with Crippen LogP contribution in [0.5, 0.6) is 11.5 Å². The number of pyridine rings is 1. The highest BCUT2D eigenvalue weighted by atomic mass is 19.1. The SMILES string of the molecule is COc1cncc(N2CCN(C(=O)c3ccc(O)c(F)c3)CC2)c1. The van der Waals surface area contributed by atoms with Crippen LogP contribution in [0.15, 0.2) is 36.7 Å². The number of aromatic nitrogens is 1. The van der Waals surface area contributed by atoms with Gasteiger partial charge in [-0.15, -0.1) is 0 Å². The first-order valence-electron chi connectivity index (χ1n) is 7.60. The number of aromatic hydroxyl groups is 1. The highest BCUT2D eigenvalue weighted by Gasteiger charge is 2.23. The maximum Gasteiger partial charge on any atom is 0.254 e. The predicted octanol–water partition coefficient (Wildman–Crippen LogP) is 1.90. The minimum Gasteiger partial charge on any atom is -0.505 e. The van der Waals surface area contributed by atoms with E-state index in [2.05, 4.69) is 9.88 Å². The standard InChI is InChI=1S/C17H18FN3O3/c1-24-14-9-13(10-19-11-14)20-4-6-21(7-5-20)17(23)12-2-3-16(22)15(18)8-12/h2-3,8-11,22H,4-7H2,1H3. The van der Waals surface area contributed by atoms with Crippen LogP contribution in [0.25, 0.3) is 0 Å². The van der Waals surface area contributed by atoms with Crippen molar-refractivity contribution in [2.24, 2.45) is 0 Å². The van der Waals surface area contributed by atoms with Crippen molar-refractivity contribution in [1.29, 1.82) is 0 Å². The van der Waals surface area contributed by atoms with Crippen molar-refractivity contribution < 1.29 is 19.0 Å². The molecule has 0 aliphatic carbocycles. The van der Waals surface area contributed by atoms with Crippen molar-refractivity contribution >= 4 is 11.6 Å². The summed E-state index contributed by atoms with van der Waals surface area (Å²) in [5.41, 5.74) is 1.18. The number of halogens is 1. The maximum absolute atomic E-state index is 13.4. The summed E-state index contributed by atoms with van der Waals surface area (Å²) in [7, 11) is 1.59. The lowest BCUT2D eigenvalue weighted by molar-refractivity contribution is 0.0746. The molecule has 7 heteroatoms. The monoisotopic (exact) mass is 331 g/mol. The number of piperazine rings is 1. The Morgan fingerprint density at radius 1 is 1.21 bits per heavy atom. The second-order valence-corrected chi connectivity index (χ2v) is 5.53. The van der Waals surface area contributed by atoms with Gasteiger partial charge >= 0.3 is 0 Å². The van der Waals surface area contributed by atoms with Crippen LogP contribution < -0.4 is 9.64 Å². The Hall–Kier alpha value is -2.83. The van der Waals surface area contributed by atoms with Gasteiger partial charge in [-0.3, -0.25) is 9.78 Å². The number of hydrogen-bond acceptors (Lipinski definition) is 5. The molecule has 2 heterocycles. The molecule has 126 valence electrons. The molecular formula is C17H18FN3O3. The molecule has 1 aromatic heterocycles. The number of benzene rings is 1. The lowest BCUT2D eigenvalue weighted by Gasteiger charge is -2.36. The van der Waals surface area contributed by atoms with Gasteiger partial charge in [0.1, 0.15) is 5.75 Å². The molecule has 0 spiro atoms. The molecule has 0 unspecified atom stereocenters. The first-order chi connectivity index (χ1) is 11.6. The highest BCUT2D eigenvalue weighted by molar-refractivity contribution is 5.94. The number of methoxy groups -OCH3 is 1. The summed E-state index contributed by atoms with van der Waals surface area (Å²) in [5.74, 6) is -0.799. The topological polar surface area (TPSA) is 65.9 Å². The third-order valence-corrected chi connectivity index (χ3v) is 4.06. The van der Waals surface area contributed by atoms with E-state index in [0.29, 0.717) is 31.9 Å². The van der Waals surface area contributed by atoms with Crippen LogP contribution >= 0.6 is 0 Å². The largest absolute Gasteiger partial charge is 0.505 e. The van der Waals surface area contributed by atoms with Gasteiger partial charge in [-0.25, -0.2) is 4.39 Å². The van der Waals surface area contributed by atoms with Gasteiger partial charge < -0.3 is 19.6 Å². The third-order valence-electron chi connectivity index (χ3n) is 4.06. The number of anilines is 1. The summed E-state index contributed by atoms with van der Waals surface area (Å²) in [6, 6.07) is 5.59. The van der Waals surface area contributed by atoms with E-state index in [1.54, 1.807) is 24.4 Å². The van der Waals surface area contributed by atoms with Gasteiger partial charge in [-0.05, 0) is 18.2 Å². The first-order valence-corrected chi connectivity index (χ1v) is 7.60. The fraction of sp³-hybridized carbons (Fsp3) is 0.294. The van der Waals surface area contributed by atoms with Crippen molar-refractivity contribution in [3.05, 3.63) is 48.0 Å². The van der Waals surface area contributed by atoms with Gasteiger partial charge in [0.2, 0.25) is 0 Å². The summed E-state index contributed by atoms with van der Waals surface area (Å²) in [6.07, 6.45) is 3.40. The van der Waals surface area contributed by atoms with Gasteiger partial charge in [0.25, 0.3) is 5.91 Å². The average Bonchev–Trinajstić information content (AvgIpc) is 2.63. The van der Waals surface area contributed by atoms with Gasteiger partial charge in [-0.1, -0.05) is 0 Å². The van der Waals surface area contributed by atoms with Crippen LogP contribution in [0.1, 0.15) is 10.4 Å². The number of phenolic OH excluding ortho intramolecular Hbond substituents is 1. The van der Waals surface area contributed by atoms with E-state index in [4.69, 9.17) is 4.74 Å². The van der Waals surface area contributed by atoms with Gasteiger partial charge in [-0.2, -0.15) is 0 Å². The van der Waals surface area contributed by atoms with E-state index < -0.39 is 11.6 Å². The molecule has 24 heavy (non-hydrogen) atoms. The number of carbonyl (C=O) groups is 1. The zero-order valence-corrected chi connectivity index (χ0v) is 13.3. The number of amides is 1. The van der Waals surface area contributed by atoms with Crippen LogP contribution in [0.4, 0.5) is 10.1 Å². The van der Waals surface area contributed by atoms with Crippen LogP contribution in [0, 0.1) is 5.82 Å². The second-order valence-electron chi connectivity index (χ2n) is 5.53. The molecule has 1 aliphatic rings. The van der Waals surface area contributed by atoms with E-state index >= 15 is 0 Å². The van der Waals surface area contributed by atoms with Crippen molar-refractivity contribution in [2.75, 3.05) is 38.2 Å². The van der Waals surface area contributed by atoms with Gasteiger partial charge in [0.05, 0.1) is 25.2 Å². The minimum atomic E-state index is -0.790. The van der Waals surface area contributed by atoms with Crippen molar-refractivity contribution in [3.63, 3.8) is 0 Å². The number of phenols is 1. The second kappa shape index (κ2) is 6.74. The van der Waals surface area contributed by atoms with Crippen molar-refractivity contribution in [3.8, 4) is 11.5 Å². The molecule has 0 radical (unpaired) electrons. The molecule has 1 amide bonds. The predicted molar refractivity (Wildman–Crippen MR) is 87.0 cm³/mol. The molecule has 1 aromatic carbocycles. The van der Waals surface area contributed by atoms with E-state index in [0.717, 1.165) is 11.8 Å².